The number of phenolic OH excluding ortho intramolecular Hbond substituents is 1. The first-order valence-electron chi connectivity index (χ1n) is 8.90. The molecule has 0 bridgehead atoms. The molecule has 1 N–H and O–H groups in total. The number of benzene rings is 1. The molecule has 1 heterocycles. The first-order chi connectivity index (χ1) is 12.4. The number of rotatable bonds is 8. The summed E-state index contributed by atoms with van der Waals surface area (Å²) in [5.74, 6) is -0.249. The van der Waals surface area contributed by atoms with Gasteiger partial charge in [-0.05, 0) is 50.6 Å². The molecular weight excluding hydrogens is 334 g/mol. The molecule has 0 aliphatic carbocycles. The van der Waals surface area contributed by atoms with Gasteiger partial charge in [0.2, 0.25) is 0 Å². The SMILES string of the molecule is CCCCN(C)Cc1c(O)c(CCC(=O)OC)cc2c(C)cc(=O)oc12. The Hall–Kier alpha value is -2.34. The van der Waals surface area contributed by atoms with Gasteiger partial charge in [0.05, 0.1) is 12.7 Å². The Morgan fingerprint density at radius 3 is 2.73 bits per heavy atom. The van der Waals surface area contributed by atoms with Gasteiger partial charge in [-0.1, -0.05) is 13.3 Å². The van der Waals surface area contributed by atoms with Crippen LogP contribution in [0, 0.1) is 6.92 Å². The zero-order valence-electron chi connectivity index (χ0n) is 15.9. The summed E-state index contributed by atoms with van der Waals surface area (Å²) in [7, 11) is 3.31. The number of hydrogen-bond acceptors (Lipinski definition) is 6. The van der Waals surface area contributed by atoms with Gasteiger partial charge in [0.15, 0.2) is 0 Å². The van der Waals surface area contributed by atoms with E-state index >= 15 is 0 Å². The number of esters is 1. The van der Waals surface area contributed by atoms with Crippen LogP contribution in [-0.4, -0.2) is 36.7 Å². The molecule has 0 aliphatic heterocycles. The molecule has 0 fully saturated rings. The third-order valence-corrected chi connectivity index (χ3v) is 4.54. The summed E-state index contributed by atoms with van der Waals surface area (Å²) < 4.78 is 10.1. The maximum atomic E-state index is 11.8. The van der Waals surface area contributed by atoms with Crippen LogP contribution in [0.5, 0.6) is 5.75 Å². The highest BCUT2D eigenvalue weighted by molar-refractivity contribution is 5.86. The van der Waals surface area contributed by atoms with Gasteiger partial charge in [0, 0.05) is 24.4 Å². The number of aromatic hydroxyl groups is 1. The second-order valence-electron chi connectivity index (χ2n) is 6.66. The fourth-order valence-electron chi connectivity index (χ4n) is 3.02. The monoisotopic (exact) mass is 361 g/mol. The first-order valence-corrected chi connectivity index (χ1v) is 8.90. The van der Waals surface area contributed by atoms with Gasteiger partial charge >= 0.3 is 11.6 Å². The Bertz CT molecular complexity index is 840. The number of carbonyl (C=O) groups is 1. The highest BCUT2D eigenvalue weighted by Crippen LogP contribution is 2.34. The molecule has 1 aromatic heterocycles. The zero-order chi connectivity index (χ0) is 19.3. The summed E-state index contributed by atoms with van der Waals surface area (Å²) in [6.07, 6.45) is 2.65. The van der Waals surface area contributed by atoms with Gasteiger partial charge in [-0.2, -0.15) is 0 Å². The van der Waals surface area contributed by atoms with Gasteiger partial charge in [-0.25, -0.2) is 4.79 Å². The number of unbranched alkanes of at least 4 members (excludes halogenated alkanes) is 1. The average molecular weight is 361 g/mol. The van der Waals surface area contributed by atoms with E-state index in [0.29, 0.717) is 29.7 Å². The van der Waals surface area contributed by atoms with Crippen LogP contribution in [0.2, 0.25) is 0 Å². The molecule has 0 atom stereocenters. The van der Waals surface area contributed by atoms with Gasteiger partial charge in [-0.15, -0.1) is 0 Å². The summed E-state index contributed by atoms with van der Waals surface area (Å²) in [4.78, 5) is 25.4. The van der Waals surface area contributed by atoms with E-state index in [0.717, 1.165) is 30.3 Å². The van der Waals surface area contributed by atoms with Crippen LogP contribution in [0.25, 0.3) is 11.0 Å². The van der Waals surface area contributed by atoms with Crippen molar-refractivity contribution in [2.75, 3.05) is 20.7 Å². The molecule has 2 aromatic rings. The Labute approximate surface area is 153 Å². The van der Waals surface area contributed by atoms with Crippen LogP contribution >= 0.6 is 0 Å². The molecule has 0 saturated carbocycles. The number of nitrogens with zero attached hydrogens (tertiary/aromatic N) is 1. The van der Waals surface area contributed by atoms with E-state index in [2.05, 4.69) is 16.6 Å². The lowest BCUT2D eigenvalue weighted by Gasteiger charge is -2.19. The molecular formula is C20H27NO5. The summed E-state index contributed by atoms with van der Waals surface area (Å²) in [5, 5.41) is 11.6. The number of carbonyl (C=O) groups excluding carboxylic acids is 1. The maximum absolute atomic E-state index is 11.8. The van der Waals surface area contributed by atoms with Crippen LogP contribution in [-0.2, 0) is 22.5 Å². The Morgan fingerprint density at radius 2 is 2.08 bits per heavy atom. The van der Waals surface area contributed by atoms with Crippen molar-refractivity contribution in [3.8, 4) is 5.75 Å². The lowest BCUT2D eigenvalue weighted by molar-refractivity contribution is -0.140. The normalized spacial score (nSPS) is 11.3. The van der Waals surface area contributed by atoms with E-state index in [-0.39, 0.29) is 18.1 Å². The molecule has 6 nitrogen and oxygen atoms in total. The molecule has 26 heavy (non-hydrogen) atoms. The number of hydrogen-bond donors (Lipinski definition) is 1. The highest BCUT2D eigenvalue weighted by atomic mass is 16.5. The van der Waals surface area contributed by atoms with Crippen LogP contribution in [0.1, 0.15) is 42.9 Å². The third-order valence-electron chi connectivity index (χ3n) is 4.54. The predicted molar refractivity (Wildman–Crippen MR) is 100 cm³/mol. The molecule has 0 spiro atoms. The second-order valence-corrected chi connectivity index (χ2v) is 6.66. The number of aryl methyl sites for hydroxylation is 2. The molecule has 0 saturated heterocycles. The van der Waals surface area contributed by atoms with Gasteiger partial charge in [-0.3, -0.25) is 4.79 Å². The summed E-state index contributed by atoms with van der Waals surface area (Å²) in [6.45, 7) is 5.29. The largest absolute Gasteiger partial charge is 0.507 e. The predicted octanol–water partition coefficient (Wildman–Crippen LogP) is 3.14. The number of ether oxygens (including phenoxy) is 1. The molecule has 0 amide bonds. The molecule has 0 radical (unpaired) electrons. The minimum atomic E-state index is -0.436. The second kappa shape index (κ2) is 8.85. The molecule has 142 valence electrons. The van der Waals surface area contributed by atoms with Crippen LogP contribution in [0.15, 0.2) is 21.3 Å². The van der Waals surface area contributed by atoms with Gasteiger partial charge in [0.25, 0.3) is 0 Å². The lowest BCUT2D eigenvalue weighted by Crippen LogP contribution is -2.19. The quantitative estimate of drug-likeness (QED) is 0.575. The number of phenols is 1. The molecule has 1 aromatic carbocycles. The summed E-state index contributed by atoms with van der Waals surface area (Å²) >= 11 is 0. The van der Waals surface area contributed by atoms with E-state index < -0.39 is 5.63 Å². The average Bonchev–Trinajstić information content (AvgIpc) is 2.61. The minimum absolute atomic E-state index is 0.0819. The first kappa shape index (κ1) is 20.0. The van der Waals surface area contributed by atoms with E-state index in [4.69, 9.17) is 4.42 Å². The Morgan fingerprint density at radius 1 is 1.35 bits per heavy atom. The van der Waals surface area contributed by atoms with Crippen molar-refractivity contribution in [1.82, 2.24) is 4.90 Å². The standard InChI is InChI=1S/C20H27NO5/c1-5-6-9-21(3)12-16-19(24)14(7-8-17(22)25-4)11-15-13(2)10-18(23)26-20(15)16/h10-11,24H,5-9,12H2,1-4H3. The smallest absolute Gasteiger partial charge is 0.336 e. The Kier molecular flexibility index (Phi) is 6.80. The van der Waals surface area contributed by atoms with Gasteiger partial charge < -0.3 is 19.2 Å². The topological polar surface area (TPSA) is 80.0 Å². The number of fused-ring (bicyclic) bond motifs is 1. The van der Waals surface area contributed by atoms with Crippen molar-refractivity contribution in [3.63, 3.8) is 0 Å². The van der Waals surface area contributed by atoms with Gasteiger partial charge in [0.1, 0.15) is 11.3 Å². The van der Waals surface area contributed by atoms with E-state index in [1.165, 1.54) is 13.2 Å². The van der Waals surface area contributed by atoms with Crippen LogP contribution in [0.4, 0.5) is 0 Å². The zero-order valence-corrected chi connectivity index (χ0v) is 15.9. The Balaban J connectivity index is 2.52. The minimum Gasteiger partial charge on any atom is -0.507 e. The van der Waals surface area contributed by atoms with E-state index in [1.807, 2.05) is 14.0 Å². The van der Waals surface area contributed by atoms with Crippen LogP contribution < -0.4 is 5.63 Å². The fourth-order valence-corrected chi connectivity index (χ4v) is 3.02. The summed E-state index contributed by atoms with van der Waals surface area (Å²) in [5.41, 5.74) is 2.00. The highest BCUT2D eigenvalue weighted by Gasteiger charge is 2.19. The molecule has 0 aliphatic rings. The van der Waals surface area contributed by atoms with E-state index in [1.54, 1.807) is 6.07 Å². The van der Waals surface area contributed by atoms with Crippen molar-refractivity contribution in [1.29, 1.82) is 0 Å². The maximum Gasteiger partial charge on any atom is 0.336 e. The molecule has 2 rings (SSSR count). The van der Waals surface area contributed by atoms with Crippen LogP contribution in [0.3, 0.4) is 0 Å². The van der Waals surface area contributed by atoms with Crippen molar-refractivity contribution in [2.24, 2.45) is 0 Å². The van der Waals surface area contributed by atoms with E-state index in [9.17, 15) is 14.7 Å². The van der Waals surface area contributed by atoms with Crippen molar-refractivity contribution < 1.29 is 19.1 Å². The molecule has 6 heteroatoms. The fraction of sp³-hybridized carbons (Fsp3) is 0.500. The third kappa shape index (κ3) is 4.64. The lowest BCUT2D eigenvalue weighted by atomic mass is 9.98. The van der Waals surface area contributed by atoms with Crippen molar-refractivity contribution >= 4 is 16.9 Å². The number of methoxy groups -OCH3 is 1. The summed E-state index contributed by atoms with van der Waals surface area (Å²) in [6, 6.07) is 3.23. The van der Waals surface area contributed by atoms with Crippen molar-refractivity contribution in [3.05, 3.63) is 39.2 Å². The molecule has 0 unspecified atom stereocenters. The van der Waals surface area contributed by atoms with Crippen molar-refractivity contribution in [2.45, 2.75) is 46.1 Å².